The van der Waals surface area contributed by atoms with Crippen molar-refractivity contribution in [3.8, 4) is 28.4 Å². The molecule has 38 heavy (non-hydrogen) atoms. The molecule has 9 heteroatoms. The number of amides is 1. The standard InChI is InChI=1S/C29H19ClF3N3O2/c30-24-11-4-5-12-25(24)36-26(18-27(35-36)29(31,32)33)19-13-15-20(16-14-19)28(37)34-21-7-6-10-23(17-21)38-22-8-2-1-3-9-22/h1-18H,(H,34,37). The quantitative estimate of drug-likeness (QED) is 0.239. The molecular weight excluding hydrogens is 515 g/mol. The van der Waals surface area contributed by atoms with Crippen LogP contribution in [0.4, 0.5) is 18.9 Å². The fourth-order valence-corrected chi connectivity index (χ4v) is 4.01. The van der Waals surface area contributed by atoms with E-state index in [0.29, 0.717) is 34.0 Å². The number of rotatable bonds is 6. The van der Waals surface area contributed by atoms with Crippen LogP contribution in [-0.4, -0.2) is 15.7 Å². The first-order valence-electron chi connectivity index (χ1n) is 11.4. The van der Waals surface area contributed by atoms with Gasteiger partial charge in [-0.2, -0.15) is 18.3 Å². The first-order chi connectivity index (χ1) is 18.3. The molecule has 0 spiro atoms. The highest BCUT2D eigenvalue weighted by Crippen LogP contribution is 2.34. The number of nitrogens with zero attached hydrogens (tertiary/aromatic N) is 2. The maximum Gasteiger partial charge on any atom is 0.435 e. The van der Waals surface area contributed by atoms with E-state index in [0.717, 1.165) is 10.7 Å². The van der Waals surface area contributed by atoms with Gasteiger partial charge in [0.15, 0.2) is 5.69 Å². The monoisotopic (exact) mass is 533 g/mol. The number of anilines is 1. The van der Waals surface area contributed by atoms with Crippen molar-refractivity contribution in [3.63, 3.8) is 0 Å². The van der Waals surface area contributed by atoms with E-state index in [1.807, 2.05) is 30.3 Å². The summed E-state index contributed by atoms with van der Waals surface area (Å²) in [6.45, 7) is 0. The molecule has 0 atom stereocenters. The normalized spacial score (nSPS) is 11.3. The van der Waals surface area contributed by atoms with E-state index < -0.39 is 11.9 Å². The zero-order valence-electron chi connectivity index (χ0n) is 19.6. The maximum atomic E-state index is 13.5. The van der Waals surface area contributed by atoms with Gasteiger partial charge >= 0.3 is 6.18 Å². The second-order valence-electron chi connectivity index (χ2n) is 8.25. The molecule has 0 saturated heterocycles. The Kier molecular flexibility index (Phi) is 6.89. The van der Waals surface area contributed by atoms with Gasteiger partial charge in [0.1, 0.15) is 11.5 Å². The van der Waals surface area contributed by atoms with Gasteiger partial charge in [-0.15, -0.1) is 0 Å². The number of halogens is 4. The Morgan fingerprint density at radius 2 is 1.50 bits per heavy atom. The van der Waals surface area contributed by atoms with E-state index in [1.165, 1.54) is 12.1 Å². The first kappa shape index (κ1) is 25.1. The summed E-state index contributed by atoms with van der Waals surface area (Å²) in [6.07, 6.45) is -4.64. The third kappa shape index (κ3) is 5.55. The Labute approximate surface area is 221 Å². The van der Waals surface area contributed by atoms with Crippen LogP contribution in [0.25, 0.3) is 16.9 Å². The highest BCUT2D eigenvalue weighted by Gasteiger charge is 2.35. The second-order valence-corrected chi connectivity index (χ2v) is 8.66. The Hall–Kier alpha value is -4.56. The lowest BCUT2D eigenvalue weighted by Gasteiger charge is -2.11. The summed E-state index contributed by atoms with van der Waals surface area (Å²) >= 11 is 6.24. The van der Waals surface area contributed by atoms with Crippen LogP contribution in [0, 0.1) is 0 Å². The predicted molar refractivity (Wildman–Crippen MR) is 140 cm³/mol. The molecule has 1 aromatic heterocycles. The van der Waals surface area contributed by atoms with Crippen molar-refractivity contribution < 1.29 is 22.7 Å². The lowest BCUT2D eigenvalue weighted by atomic mass is 10.1. The van der Waals surface area contributed by atoms with Crippen molar-refractivity contribution in [3.05, 3.63) is 125 Å². The summed E-state index contributed by atoms with van der Waals surface area (Å²) in [5.74, 6) is 0.831. The molecule has 1 N–H and O–H groups in total. The number of hydrogen-bond acceptors (Lipinski definition) is 3. The van der Waals surface area contributed by atoms with E-state index in [9.17, 15) is 18.0 Å². The average Bonchev–Trinajstić information content (AvgIpc) is 3.36. The molecule has 190 valence electrons. The molecule has 5 rings (SSSR count). The van der Waals surface area contributed by atoms with Crippen molar-refractivity contribution in [2.45, 2.75) is 6.18 Å². The van der Waals surface area contributed by atoms with Crippen LogP contribution >= 0.6 is 11.6 Å². The highest BCUT2D eigenvalue weighted by molar-refractivity contribution is 6.32. The van der Waals surface area contributed by atoms with Gasteiger partial charge in [0, 0.05) is 22.9 Å². The zero-order chi connectivity index (χ0) is 26.7. The molecule has 0 aliphatic rings. The third-order valence-corrected chi connectivity index (χ3v) is 5.91. The second kappa shape index (κ2) is 10.4. The molecule has 0 fully saturated rings. The molecule has 5 nitrogen and oxygen atoms in total. The number of hydrogen-bond donors (Lipinski definition) is 1. The van der Waals surface area contributed by atoms with Gasteiger partial charge < -0.3 is 10.1 Å². The number of ether oxygens (including phenoxy) is 1. The van der Waals surface area contributed by atoms with Crippen LogP contribution in [0.3, 0.4) is 0 Å². The SMILES string of the molecule is O=C(Nc1cccc(Oc2ccccc2)c1)c1ccc(-c2cc(C(F)(F)F)nn2-c2ccccc2Cl)cc1. The zero-order valence-corrected chi connectivity index (χ0v) is 20.4. The summed E-state index contributed by atoms with van der Waals surface area (Å²) in [5.41, 5.74) is 0.721. The predicted octanol–water partition coefficient (Wildman–Crippen LogP) is 8.26. The van der Waals surface area contributed by atoms with Crippen LogP contribution in [-0.2, 0) is 6.18 Å². The van der Waals surface area contributed by atoms with Crippen LogP contribution in [0.5, 0.6) is 11.5 Å². The minimum absolute atomic E-state index is 0.183. The van der Waals surface area contributed by atoms with Gasteiger partial charge in [0.2, 0.25) is 0 Å². The number of carbonyl (C=O) groups is 1. The number of aromatic nitrogens is 2. The molecule has 0 aliphatic carbocycles. The molecular formula is C29H19ClF3N3O2. The topological polar surface area (TPSA) is 56.1 Å². The van der Waals surface area contributed by atoms with Gasteiger partial charge in [-0.1, -0.05) is 60.1 Å². The van der Waals surface area contributed by atoms with Crippen LogP contribution in [0.2, 0.25) is 5.02 Å². The molecule has 0 bridgehead atoms. The molecule has 1 heterocycles. The number of carbonyl (C=O) groups excluding carboxylic acids is 1. The van der Waals surface area contributed by atoms with Crippen molar-refractivity contribution in [2.24, 2.45) is 0 Å². The van der Waals surface area contributed by atoms with Crippen molar-refractivity contribution in [2.75, 3.05) is 5.32 Å². The average molecular weight is 534 g/mol. The summed E-state index contributed by atoms with van der Waals surface area (Å²) in [5, 5.41) is 6.82. The fourth-order valence-electron chi connectivity index (χ4n) is 3.79. The van der Waals surface area contributed by atoms with Crippen molar-refractivity contribution in [1.82, 2.24) is 9.78 Å². The van der Waals surface area contributed by atoms with Crippen molar-refractivity contribution >= 4 is 23.2 Å². The molecule has 0 radical (unpaired) electrons. The third-order valence-electron chi connectivity index (χ3n) is 5.59. The molecule has 0 saturated carbocycles. The minimum atomic E-state index is -4.64. The lowest BCUT2D eigenvalue weighted by Crippen LogP contribution is -2.11. The summed E-state index contributed by atoms with van der Waals surface area (Å²) in [7, 11) is 0. The Morgan fingerprint density at radius 1 is 0.816 bits per heavy atom. The van der Waals surface area contributed by atoms with E-state index in [2.05, 4.69) is 10.4 Å². The Morgan fingerprint density at radius 3 is 2.21 bits per heavy atom. The molecule has 1 amide bonds. The summed E-state index contributed by atoms with van der Waals surface area (Å²) < 4.78 is 47.4. The summed E-state index contributed by atoms with van der Waals surface area (Å²) in [6, 6.07) is 29.8. The Bertz CT molecular complexity index is 1580. The number of benzene rings is 4. The van der Waals surface area contributed by atoms with Crippen LogP contribution in [0.15, 0.2) is 109 Å². The molecule has 0 aliphatic heterocycles. The van der Waals surface area contributed by atoms with E-state index in [-0.39, 0.29) is 16.6 Å². The van der Waals surface area contributed by atoms with Gasteiger partial charge in [0.25, 0.3) is 5.91 Å². The van der Waals surface area contributed by atoms with Crippen LogP contribution in [0.1, 0.15) is 16.1 Å². The lowest BCUT2D eigenvalue weighted by molar-refractivity contribution is -0.141. The highest BCUT2D eigenvalue weighted by atomic mass is 35.5. The van der Waals surface area contributed by atoms with Gasteiger partial charge in [-0.3, -0.25) is 4.79 Å². The Balaban J connectivity index is 1.38. The smallest absolute Gasteiger partial charge is 0.435 e. The number of para-hydroxylation sites is 2. The van der Waals surface area contributed by atoms with E-state index >= 15 is 0 Å². The molecule has 0 unspecified atom stereocenters. The van der Waals surface area contributed by atoms with Crippen LogP contribution < -0.4 is 10.1 Å². The van der Waals surface area contributed by atoms with Crippen molar-refractivity contribution in [1.29, 1.82) is 0 Å². The molecule has 5 aromatic rings. The minimum Gasteiger partial charge on any atom is -0.457 e. The van der Waals surface area contributed by atoms with Gasteiger partial charge in [-0.05, 0) is 54.6 Å². The van der Waals surface area contributed by atoms with E-state index in [1.54, 1.807) is 60.7 Å². The number of alkyl halides is 3. The van der Waals surface area contributed by atoms with E-state index in [4.69, 9.17) is 16.3 Å². The maximum absolute atomic E-state index is 13.5. The summed E-state index contributed by atoms with van der Waals surface area (Å²) in [4.78, 5) is 12.9. The first-order valence-corrected chi connectivity index (χ1v) is 11.8. The molecule has 4 aromatic carbocycles. The largest absolute Gasteiger partial charge is 0.457 e. The van der Waals surface area contributed by atoms with Gasteiger partial charge in [0.05, 0.1) is 16.4 Å². The van der Waals surface area contributed by atoms with Gasteiger partial charge in [-0.25, -0.2) is 4.68 Å². The fraction of sp³-hybridized carbons (Fsp3) is 0.0345. The number of nitrogens with one attached hydrogen (secondary N) is 1.